The Hall–Kier alpha value is -1.86. The summed E-state index contributed by atoms with van der Waals surface area (Å²) in [5.41, 5.74) is 3.05. The second-order valence-corrected chi connectivity index (χ2v) is 6.06. The molecule has 1 nitrogen and oxygen atoms in total. The molecule has 106 valence electrons. The summed E-state index contributed by atoms with van der Waals surface area (Å²) in [4.78, 5) is 0. The van der Waals surface area contributed by atoms with Gasteiger partial charge in [-0.25, -0.2) is 0 Å². The van der Waals surface area contributed by atoms with Gasteiger partial charge in [0.25, 0.3) is 0 Å². The SMILES string of the molecule is COCC1CCCc2c1ccc1c2ccc2ccccc21. The van der Waals surface area contributed by atoms with Crippen molar-refractivity contribution in [2.45, 2.75) is 25.2 Å². The van der Waals surface area contributed by atoms with Crippen LogP contribution in [0.2, 0.25) is 0 Å². The largest absolute Gasteiger partial charge is 0.384 e. The van der Waals surface area contributed by atoms with E-state index in [4.69, 9.17) is 4.74 Å². The van der Waals surface area contributed by atoms with Crippen LogP contribution in [-0.2, 0) is 11.2 Å². The highest BCUT2D eigenvalue weighted by Gasteiger charge is 2.21. The molecule has 0 saturated heterocycles. The molecule has 0 aromatic heterocycles. The number of hydrogen-bond acceptors (Lipinski definition) is 1. The molecule has 1 atom stereocenters. The summed E-state index contributed by atoms with van der Waals surface area (Å²) < 4.78 is 5.42. The van der Waals surface area contributed by atoms with Crippen LogP contribution in [0.4, 0.5) is 0 Å². The van der Waals surface area contributed by atoms with Crippen molar-refractivity contribution in [3.8, 4) is 0 Å². The first-order valence-electron chi connectivity index (χ1n) is 7.80. The van der Waals surface area contributed by atoms with Crippen LogP contribution in [0.15, 0.2) is 48.5 Å². The lowest BCUT2D eigenvalue weighted by Gasteiger charge is -2.26. The Balaban J connectivity index is 1.99. The van der Waals surface area contributed by atoms with Gasteiger partial charge in [0.15, 0.2) is 0 Å². The molecule has 0 fully saturated rings. The minimum atomic E-state index is 0.564. The molecule has 0 N–H and O–H groups in total. The van der Waals surface area contributed by atoms with Crippen molar-refractivity contribution in [1.82, 2.24) is 0 Å². The zero-order chi connectivity index (χ0) is 14.2. The van der Waals surface area contributed by atoms with Gasteiger partial charge < -0.3 is 4.74 Å². The van der Waals surface area contributed by atoms with Gasteiger partial charge in [0.1, 0.15) is 0 Å². The quantitative estimate of drug-likeness (QED) is 0.594. The van der Waals surface area contributed by atoms with E-state index in [1.807, 2.05) is 7.11 Å². The van der Waals surface area contributed by atoms with E-state index in [1.54, 1.807) is 5.56 Å². The van der Waals surface area contributed by atoms with Gasteiger partial charge >= 0.3 is 0 Å². The van der Waals surface area contributed by atoms with Crippen LogP contribution in [0.5, 0.6) is 0 Å². The summed E-state index contributed by atoms with van der Waals surface area (Å²) in [5, 5.41) is 5.53. The Labute approximate surface area is 125 Å². The van der Waals surface area contributed by atoms with Gasteiger partial charge in [-0.3, -0.25) is 0 Å². The molecule has 0 radical (unpaired) electrons. The lowest BCUT2D eigenvalue weighted by molar-refractivity contribution is 0.172. The molecule has 21 heavy (non-hydrogen) atoms. The van der Waals surface area contributed by atoms with Crippen LogP contribution in [0.3, 0.4) is 0 Å². The third-order valence-electron chi connectivity index (χ3n) is 4.86. The van der Waals surface area contributed by atoms with Crippen LogP contribution < -0.4 is 0 Å². The van der Waals surface area contributed by atoms with E-state index >= 15 is 0 Å². The van der Waals surface area contributed by atoms with E-state index in [9.17, 15) is 0 Å². The molecule has 1 heteroatoms. The van der Waals surface area contributed by atoms with Crippen molar-refractivity contribution >= 4 is 21.5 Å². The van der Waals surface area contributed by atoms with E-state index in [-0.39, 0.29) is 0 Å². The first-order valence-corrected chi connectivity index (χ1v) is 7.80. The molecule has 1 aliphatic rings. The normalized spacial score (nSPS) is 18.0. The molecule has 0 bridgehead atoms. The predicted molar refractivity (Wildman–Crippen MR) is 89.0 cm³/mol. The topological polar surface area (TPSA) is 9.23 Å². The molecule has 3 aromatic carbocycles. The van der Waals surface area contributed by atoms with E-state index in [0.29, 0.717) is 5.92 Å². The zero-order valence-corrected chi connectivity index (χ0v) is 12.4. The number of methoxy groups -OCH3 is 1. The van der Waals surface area contributed by atoms with Crippen molar-refractivity contribution in [2.24, 2.45) is 0 Å². The average molecular weight is 276 g/mol. The molecule has 3 aromatic rings. The van der Waals surface area contributed by atoms with Crippen LogP contribution in [0.25, 0.3) is 21.5 Å². The lowest BCUT2D eigenvalue weighted by atomic mass is 9.80. The third-order valence-corrected chi connectivity index (χ3v) is 4.86. The fraction of sp³-hybridized carbons (Fsp3) is 0.300. The zero-order valence-electron chi connectivity index (χ0n) is 12.4. The summed E-state index contributed by atoms with van der Waals surface area (Å²) in [6.45, 7) is 0.839. The maximum absolute atomic E-state index is 5.42. The summed E-state index contributed by atoms with van der Waals surface area (Å²) >= 11 is 0. The maximum Gasteiger partial charge on any atom is 0.0531 e. The smallest absolute Gasteiger partial charge is 0.0531 e. The molecule has 0 saturated carbocycles. The van der Waals surface area contributed by atoms with Crippen molar-refractivity contribution in [2.75, 3.05) is 13.7 Å². The van der Waals surface area contributed by atoms with Crippen LogP contribution in [-0.4, -0.2) is 13.7 Å². The van der Waals surface area contributed by atoms with Gasteiger partial charge in [0.2, 0.25) is 0 Å². The van der Waals surface area contributed by atoms with Crippen molar-refractivity contribution < 1.29 is 4.74 Å². The Bertz CT molecular complexity index is 803. The summed E-state index contributed by atoms with van der Waals surface area (Å²) in [5.74, 6) is 0.564. The highest BCUT2D eigenvalue weighted by Crippen LogP contribution is 2.38. The maximum atomic E-state index is 5.42. The first kappa shape index (κ1) is 12.8. The Kier molecular flexibility index (Phi) is 3.16. The van der Waals surface area contributed by atoms with Crippen LogP contribution in [0.1, 0.15) is 29.9 Å². The second kappa shape index (κ2) is 5.16. The monoisotopic (exact) mass is 276 g/mol. The summed E-state index contributed by atoms with van der Waals surface area (Å²) in [6.07, 6.45) is 3.72. The van der Waals surface area contributed by atoms with Gasteiger partial charge in [0.05, 0.1) is 6.61 Å². The molecule has 0 amide bonds. The predicted octanol–water partition coefficient (Wildman–Crippen LogP) is 5.06. The van der Waals surface area contributed by atoms with Gasteiger partial charge in [-0.2, -0.15) is 0 Å². The fourth-order valence-corrected chi connectivity index (χ4v) is 3.88. The molecule has 4 rings (SSSR count). The highest BCUT2D eigenvalue weighted by atomic mass is 16.5. The molecular weight excluding hydrogens is 256 g/mol. The van der Waals surface area contributed by atoms with Crippen LogP contribution in [0, 0.1) is 0 Å². The summed E-state index contributed by atoms with van der Waals surface area (Å²) in [7, 11) is 1.81. The Morgan fingerprint density at radius 2 is 1.81 bits per heavy atom. The molecule has 0 heterocycles. The van der Waals surface area contributed by atoms with E-state index in [0.717, 1.165) is 6.61 Å². The molecular formula is C20H20O. The molecule has 1 unspecified atom stereocenters. The Morgan fingerprint density at radius 3 is 2.71 bits per heavy atom. The standard InChI is InChI=1S/C20H20O/c1-21-13-15-6-4-8-18-17(15)11-12-19-16-7-3-2-5-14(16)9-10-20(18)19/h2-3,5,7,9-12,15H,4,6,8,13H2,1H3. The molecule has 0 spiro atoms. The second-order valence-electron chi connectivity index (χ2n) is 6.06. The van der Waals surface area contributed by atoms with E-state index in [2.05, 4.69) is 48.5 Å². The van der Waals surface area contributed by atoms with Gasteiger partial charge in [-0.05, 0) is 51.9 Å². The van der Waals surface area contributed by atoms with E-state index < -0.39 is 0 Å². The number of rotatable bonds is 2. The fourth-order valence-electron chi connectivity index (χ4n) is 3.88. The molecule has 0 aliphatic heterocycles. The van der Waals surface area contributed by atoms with Gasteiger partial charge in [-0.15, -0.1) is 0 Å². The van der Waals surface area contributed by atoms with Crippen molar-refractivity contribution in [1.29, 1.82) is 0 Å². The highest BCUT2D eigenvalue weighted by molar-refractivity contribution is 6.08. The summed E-state index contributed by atoms with van der Waals surface area (Å²) in [6, 6.07) is 17.9. The minimum Gasteiger partial charge on any atom is -0.384 e. The van der Waals surface area contributed by atoms with Gasteiger partial charge in [0, 0.05) is 13.0 Å². The minimum absolute atomic E-state index is 0.564. The number of fused-ring (bicyclic) bond motifs is 5. The lowest BCUT2D eigenvalue weighted by Crippen LogP contribution is -2.14. The molecule has 1 aliphatic carbocycles. The van der Waals surface area contributed by atoms with E-state index in [1.165, 1.54) is 46.4 Å². The number of ether oxygens (including phenoxy) is 1. The number of benzene rings is 3. The third kappa shape index (κ3) is 2.04. The van der Waals surface area contributed by atoms with Crippen molar-refractivity contribution in [3.63, 3.8) is 0 Å². The van der Waals surface area contributed by atoms with Gasteiger partial charge in [-0.1, -0.05) is 48.5 Å². The number of aryl methyl sites for hydroxylation is 1. The van der Waals surface area contributed by atoms with Crippen molar-refractivity contribution in [3.05, 3.63) is 59.7 Å². The Morgan fingerprint density at radius 1 is 0.952 bits per heavy atom. The average Bonchev–Trinajstić information content (AvgIpc) is 2.55. The number of hydrogen-bond donors (Lipinski definition) is 0. The first-order chi connectivity index (χ1) is 10.4. The van der Waals surface area contributed by atoms with Crippen LogP contribution >= 0.6 is 0 Å².